The van der Waals surface area contributed by atoms with Crippen LogP contribution in [0.15, 0.2) is 24.5 Å². The molecule has 0 bridgehead atoms. The lowest BCUT2D eigenvalue weighted by atomic mass is 10.1. The Morgan fingerprint density at radius 2 is 1.89 bits per heavy atom. The first-order chi connectivity index (χ1) is 9.09. The first kappa shape index (κ1) is 14.0. The molecule has 0 aliphatic carbocycles. The van der Waals surface area contributed by atoms with Crippen LogP contribution in [0.25, 0.3) is 0 Å². The van der Waals surface area contributed by atoms with Crippen molar-refractivity contribution in [3.05, 3.63) is 30.1 Å². The Kier molecular flexibility index (Phi) is 4.53. The molecule has 0 aromatic carbocycles. The van der Waals surface area contributed by atoms with E-state index in [9.17, 15) is 4.79 Å². The smallest absolute Gasteiger partial charge is 0.225 e. The Bertz CT molecular complexity index is 411. The Labute approximate surface area is 115 Å². The van der Waals surface area contributed by atoms with E-state index in [2.05, 4.69) is 22.9 Å². The molecule has 1 amide bonds. The molecule has 1 aliphatic heterocycles. The summed E-state index contributed by atoms with van der Waals surface area (Å²) in [4.78, 5) is 20.5. The number of pyridine rings is 1. The number of hydrogen-bond donors (Lipinski definition) is 0. The van der Waals surface area contributed by atoms with Gasteiger partial charge in [-0.25, -0.2) is 0 Å². The van der Waals surface area contributed by atoms with Crippen LogP contribution in [0, 0.1) is 5.92 Å². The summed E-state index contributed by atoms with van der Waals surface area (Å²) in [5.74, 6) is 0.371. The Balaban J connectivity index is 1.91. The average molecular weight is 261 g/mol. The second-order valence-electron chi connectivity index (χ2n) is 5.48. The maximum Gasteiger partial charge on any atom is 0.225 e. The van der Waals surface area contributed by atoms with Crippen molar-refractivity contribution in [1.29, 1.82) is 0 Å². The summed E-state index contributed by atoms with van der Waals surface area (Å²) in [6.07, 6.45) is 3.73. The third-order valence-electron chi connectivity index (χ3n) is 3.83. The normalized spacial score (nSPS) is 18.6. The van der Waals surface area contributed by atoms with Gasteiger partial charge in [-0.2, -0.15) is 0 Å². The van der Waals surface area contributed by atoms with Gasteiger partial charge in [0.15, 0.2) is 0 Å². The van der Waals surface area contributed by atoms with Crippen LogP contribution in [0.1, 0.15) is 32.4 Å². The molecule has 0 radical (unpaired) electrons. The molecule has 0 N–H and O–H groups in total. The minimum Gasteiger partial charge on any atom is -0.340 e. The number of amides is 1. The second-order valence-corrected chi connectivity index (χ2v) is 5.48. The van der Waals surface area contributed by atoms with Gasteiger partial charge in [0.1, 0.15) is 0 Å². The van der Waals surface area contributed by atoms with Crippen molar-refractivity contribution in [1.82, 2.24) is 14.8 Å². The highest BCUT2D eigenvalue weighted by Crippen LogP contribution is 2.21. The number of rotatable bonds is 3. The van der Waals surface area contributed by atoms with Gasteiger partial charge in [-0.15, -0.1) is 0 Å². The van der Waals surface area contributed by atoms with Crippen LogP contribution in [0.4, 0.5) is 0 Å². The predicted octanol–water partition coefficient (Wildman–Crippen LogP) is 1.94. The Morgan fingerprint density at radius 3 is 2.42 bits per heavy atom. The lowest BCUT2D eigenvalue weighted by Gasteiger charge is -2.38. The summed E-state index contributed by atoms with van der Waals surface area (Å²) in [6.45, 7) is 9.68. The average Bonchev–Trinajstić information content (AvgIpc) is 2.46. The molecule has 1 aromatic rings. The first-order valence-corrected chi connectivity index (χ1v) is 7.02. The lowest BCUT2D eigenvalue weighted by molar-refractivity contribution is -0.136. The predicted molar refractivity (Wildman–Crippen MR) is 75.6 cm³/mol. The summed E-state index contributed by atoms with van der Waals surface area (Å²) in [6, 6.07) is 4.46. The highest BCUT2D eigenvalue weighted by Gasteiger charge is 2.25. The van der Waals surface area contributed by atoms with E-state index in [1.165, 1.54) is 5.56 Å². The van der Waals surface area contributed by atoms with Crippen molar-refractivity contribution in [3.63, 3.8) is 0 Å². The molecule has 0 spiro atoms. The van der Waals surface area contributed by atoms with E-state index in [1.54, 1.807) is 6.20 Å². The van der Waals surface area contributed by atoms with Gasteiger partial charge in [0.25, 0.3) is 0 Å². The van der Waals surface area contributed by atoms with Gasteiger partial charge in [-0.1, -0.05) is 19.9 Å². The monoisotopic (exact) mass is 261 g/mol. The summed E-state index contributed by atoms with van der Waals surface area (Å²) in [5.41, 5.74) is 1.24. The van der Waals surface area contributed by atoms with Crippen molar-refractivity contribution < 1.29 is 4.79 Å². The van der Waals surface area contributed by atoms with Crippen LogP contribution < -0.4 is 0 Å². The van der Waals surface area contributed by atoms with E-state index in [0.29, 0.717) is 6.04 Å². The van der Waals surface area contributed by atoms with Crippen LogP contribution in [-0.4, -0.2) is 46.9 Å². The third kappa shape index (κ3) is 3.32. The molecule has 2 heterocycles. The van der Waals surface area contributed by atoms with Crippen LogP contribution in [0.3, 0.4) is 0 Å². The van der Waals surface area contributed by atoms with Gasteiger partial charge in [0.2, 0.25) is 5.91 Å². The molecule has 2 rings (SSSR count). The quantitative estimate of drug-likeness (QED) is 0.834. The minimum atomic E-state index is 0.0993. The van der Waals surface area contributed by atoms with E-state index in [0.717, 1.165) is 26.2 Å². The SMILES string of the molecule is CC(C)C(=O)N1CCN(C(C)c2cccnc2)CC1. The zero-order valence-corrected chi connectivity index (χ0v) is 12.0. The van der Waals surface area contributed by atoms with Gasteiger partial charge in [-0.05, 0) is 18.6 Å². The van der Waals surface area contributed by atoms with E-state index in [4.69, 9.17) is 0 Å². The summed E-state index contributed by atoms with van der Waals surface area (Å²) in [5, 5.41) is 0. The van der Waals surface area contributed by atoms with Crippen LogP contribution >= 0.6 is 0 Å². The molecule has 104 valence electrons. The first-order valence-electron chi connectivity index (χ1n) is 7.02. The van der Waals surface area contributed by atoms with Gasteiger partial charge < -0.3 is 4.90 Å². The van der Waals surface area contributed by atoms with E-state index < -0.39 is 0 Å². The van der Waals surface area contributed by atoms with Gasteiger partial charge in [-0.3, -0.25) is 14.7 Å². The molecule has 4 heteroatoms. The standard InChI is InChI=1S/C15H23N3O/c1-12(2)15(19)18-9-7-17(8-10-18)13(3)14-5-4-6-16-11-14/h4-6,11-13H,7-10H2,1-3H3. The van der Waals surface area contributed by atoms with E-state index in [1.807, 2.05) is 31.0 Å². The van der Waals surface area contributed by atoms with Crippen LogP contribution in [0.2, 0.25) is 0 Å². The Morgan fingerprint density at radius 1 is 1.21 bits per heavy atom. The molecule has 1 saturated heterocycles. The molecule has 0 saturated carbocycles. The number of hydrogen-bond acceptors (Lipinski definition) is 3. The summed E-state index contributed by atoms with van der Waals surface area (Å²) >= 11 is 0. The molecule has 1 aliphatic rings. The number of nitrogens with zero attached hydrogens (tertiary/aromatic N) is 3. The second kappa shape index (κ2) is 6.15. The minimum absolute atomic E-state index is 0.0993. The molecule has 1 unspecified atom stereocenters. The van der Waals surface area contributed by atoms with E-state index in [-0.39, 0.29) is 11.8 Å². The molecule has 1 aromatic heterocycles. The van der Waals surface area contributed by atoms with Crippen molar-refractivity contribution in [2.24, 2.45) is 5.92 Å². The van der Waals surface area contributed by atoms with Crippen LogP contribution in [0.5, 0.6) is 0 Å². The fourth-order valence-corrected chi connectivity index (χ4v) is 2.53. The zero-order chi connectivity index (χ0) is 13.8. The molecular weight excluding hydrogens is 238 g/mol. The molecule has 1 atom stereocenters. The largest absolute Gasteiger partial charge is 0.340 e. The number of carbonyl (C=O) groups excluding carboxylic acids is 1. The van der Waals surface area contributed by atoms with Crippen LogP contribution in [-0.2, 0) is 4.79 Å². The highest BCUT2D eigenvalue weighted by atomic mass is 16.2. The Hall–Kier alpha value is -1.42. The number of piperazine rings is 1. The molecular formula is C15H23N3O. The van der Waals surface area contributed by atoms with Crippen molar-refractivity contribution in [2.45, 2.75) is 26.8 Å². The number of carbonyl (C=O) groups is 1. The maximum atomic E-state index is 11.9. The molecule has 19 heavy (non-hydrogen) atoms. The highest BCUT2D eigenvalue weighted by molar-refractivity contribution is 5.78. The fraction of sp³-hybridized carbons (Fsp3) is 0.600. The van der Waals surface area contributed by atoms with Gasteiger partial charge >= 0.3 is 0 Å². The van der Waals surface area contributed by atoms with Crippen molar-refractivity contribution >= 4 is 5.91 Å². The van der Waals surface area contributed by atoms with Gasteiger partial charge in [0.05, 0.1) is 0 Å². The maximum absolute atomic E-state index is 11.9. The summed E-state index contributed by atoms with van der Waals surface area (Å²) < 4.78 is 0. The molecule has 1 fully saturated rings. The third-order valence-corrected chi connectivity index (χ3v) is 3.83. The van der Waals surface area contributed by atoms with Crippen molar-refractivity contribution in [3.8, 4) is 0 Å². The van der Waals surface area contributed by atoms with Crippen molar-refractivity contribution in [2.75, 3.05) is 26.2 Å². The number of aromatic nitrogens is 1. The van der Waals surface area contributed by atoms with Gasteiger partial charge in [0, 0.05) is 50.5 Å². The van der Waals surface area contributed by atoms with E-state index >= 15 is 0 Å². The topological polar surface area (TPSA) is 36.4 Å². The zero-order valence-electron chi connectivity index (χ0n) is 12.0. The summed E-state index contributed by atoms with van der Waals surface area (Å²) in [7, 11) is 0. The lowest BCUT2D eigenvalue weighted by Crippen LogP contribution is -2.50. The molecule has 4 nitrogen and oxygen atoms in total. The fourth-order valence-electron chi connectivity index (χ4n) is 2.53.